The highest BCUT2D eigenvalue weighted by atomic mass is 32.1. The molecule has 0 aliphatic rings. The van der Waals surface area contributed by atoms with Crippen LogP contribution in [0.15, 0.2) is 35.7 Å². The standard InChI is InChI=1S/C20H23N3O3S2/c1-22(2)11-12-23(17(24)10-7-14-6-5-13-27-14)20-21-18-15(25-3)8-9-16(26-4)19(18)28-20/h5-10,13H,11-12H2,1-4H3. The van der Waals surface area contributed by atoms with Crippen LogP contribution in [0.25, 0.3) is 16.3 Å². The Hall–Kier alpha value is -2.42. The van der Waals surface area contributed by atoms with E-state index in [2.05, 4.69) is 0 Å². The van der Waals surface area contributed by atoms with Gasteiger partial charge < -0.3 is 14.4 Å². The number of aromatic nitrogens is 1. The molecule has 0 bridgehead atoms. The van der Waals surface area contributed by atoms with E-state index in [-0.39, 0.29) is 5.91 Å². The molecule has 1 aromatic carbocycles. The van der Waals surface area contributed by atoms with E-state index in [4.69, 9.17) is 14.5 Å². The molecule has 0 spiro atoms. The molecule has 0 unspecified atom stereocenters. The van der Waals surface area contributed by atoms with E-state index in [0.717, 1.165) is 16.1 Å². The number of thiophene rings is 1. The minimum Gasteiger partial charge on any atom is -0.495 e. The van der Waals surface area contributed by atoms with Gasteiger partial charge in [-0.15, -0.1) is 11.3 Å². The smallest absolute Gasteiger partial charge is 0.252 e. The molecule has 1 amide bonds. The highest BCUT2D eigenvalue weighted by molar-refractivity contribution is 7.22. The summed E-state index contributed by atoms with van der Waals surface area (Å²) in [4.78, 5) is 22.4. The molecular weight excluding hydrogens is 394 g/mol. The molecule has 3 aromatic rings. The number of hydrogen-bond acceptors (Lipinski definition) is 7. The Balaban J connectivity index is 1.98. The Kier molecular flexibility index (Phi) is 6.66. The lowest BCUT2D eigenvalue weighted by molar-refractivity contribution is -0.114. The van der Waals surface area contributed by atoms with Gasteiger partial charge >= 0.3 is 0 Å². The third-order valence-corrected chi connectivity index (χ3v) is 6.03. The second-order valence-electron chi connectivity index (χ2n) is 6.29. The summed E-state index contributed by atoms with van der Waals surface area (Å²) in [6.45, 7) is 1.26. The quantitative estimate of drug-likeness (QED) is 0.519. The van der Waals surface area contributed by atoms with Gasteiger partial charge in [-0.05, 0) is 43.8 Å². The van der Waals surface area contributed by atoms with Crippen molar-refractivity contribution in [3.63, 3.8) is 0 Å². The minimum absolute atomic E-state index is 0.104. The molecule has 28 heavy (non-hydrogen) atoms. The number of likely N-dealkylation sites (N-methyl/N-ethyl adjacent to an activating group) is 1. The average Bonchev–Trinajstić information content (AvgIpc) is 3.35. The Labute approximate surface area is 172 Å². The van der Waals surface area contributed by atoms with Gasteiger partial charge in [0.1, 0.15) is 21.7 Å². The number of carbonyl (C=O) groups excluding carboxylic acids is 1. The van der Waals surface area contributed by atoms with E-state index in [1.54, 1.807) is 36.5 Å². The Morgan fingerprint density at radius 1 is 1.14 bits per heavy atom. The summed E-state index contributed by atoms with van der Waals surface area (Å²) in [7, 11) is 7.20. The van der Waals surface area contributed by atoms with Crippen molar-refractivity contribution in [3.05, 3.63) is 40.6 Å². The van der Waals surface area contributed by atoms with Gasteiger partial charge in [-0.1, -0.05) is 17.4 Å². The van der Waals surface area contributed by atoms with Gasteiger partial charge in [-0.3, -0.25) is 9.69 Å². The number of carbonyl (C=O) groups is 1. The Morgan fingerprint density at radius 3 is 2.54 bits per heavy atom. The van der Waals surface area contributed by atoms with Crippen LogP contribution in [0.5, 0.6) is 11.5 Å². The van der Waals surface area contributed by atoms with Crippen LogP contribution in [0.2, 0.25) is 0 Å². The SMILES string of the molecule is COc1ccc(OC)c2sc(N(CCN(C)C)C(=O)C=Cc3cccs3)nc12. The molecule has 6 nitrogen and oxygen atoms in total. The van der Waals surface area contributed by atoms with E-state index in [9.17, 15) is 4.79 Å². The minimum atomic E-state index is -0.104. The van der Waals surface area contributed by atoms with Crippen molar-refractivity contribution < 1.29 is 14.3 Å². The summed E-state index contributed by atoms with van der Waals surface area (Å²) in [5.41, 5.74) is 0.701. The first-order valence-corrected chi connectivity index (χ1v) is 10.4. The molecular formula is C20H23N3O3S2. The third kappa shape index (κ3) is 4.52. The molecule has 0 fully saturated rings. The van der Waals surface area contributed by atoms with Crippen LogP contribution in [0.1, 0.15) is 4.88 Å². The van der Waals surface area contributed by atoms with E-state index in [0.29, 0.717) is 28.7 Å². The molecule has 0 saturated heterocycles. The van der Waals surface area contributed by atoms with Crippen molar-refractivity contribution in [3.8, 4) is 11.5 Å². The summed E-state index contributed by atoms with van der Waals surface area (Å²) in [6.07, 6.45) is 3.44. The monoisotopic (exact) mass is 417 g/mol. The van der Waals surface area contributed by atoms with Crippen LogP contribution in [-0.2, 0) is 4.79 Å². The van der Waals surface area contributed by atoms with Crippen LogP contribution in [0, 0.1) is 0 Å². The van der Waals surface area contributed by atoms with Gasteiger partial charge in [-0.25, -0.2) is 4.98 Å². The molecule has 3 rings (SSSR count). The van der Waals surface area contributed by atoms with Crippen LogP contribution >= 0.6 is 22.7 Å². The number of anilines is 1. The predicted molar refractivity (Wildman–Crippen MR) is 117 cm³/mol. The van der Waals surface area contributed by atoms with Crippen LogP contribution in [0.4, 0.5) is 5.13 Å². The zero-order chi connectivity index (χ0) is 20.1. The Bertz CT molecular complexity index is 924. The van der Waals surface area contributed by atoms with Crippen molar-refractivity contribution in [1.29, 1.82) is 0 Å². The molecule has 0 radical (unpaired) electrons. The maximum atomic E-state index is 13.0. The molecule has 8 heteroatoms. The highest BCUT2D eigenvalue weighted by Crippen LogP contribution is 2.40. The van der Waals surface area contributed by atoms with Gasteiger partial charge in [0, 0.05) is 24.0 Å². The fourth-order valence-corrected chi connectivity index (χ4v) is 4.34. The molecule has 0 saturated carbocycles. The number of fused-ring (bicyclic) bond motifs is 1. The van der Waals surface area contributed by atoms with Gasteiger partial charge in [0.05, 0.1) is 14.2 Å². The van der Waals surface area contributed by atoms with Crippen molar-refractivity contribution in [2.45, 2.75) is 0 Å². The lowest BCUT2D eigenvalue weighted by Crippen LogP contribution is -2.35. The van der Waals surface area contributed by atoms with E-state index in [1.165, 1.54) is 11.3 Å². The highest BCUT2D eigenvalue weighted by Gasteiger charge is 2.21. The number of rotatable bonds is 8. The summed E-state index contributed by atoms with van der Waals surface area (Å²) in [6, 6.07) is 7.62. The first-order valence-electron chi connectivity index (χ1n) is 8.72. The van der Waals surface area contributed by atoms with Crippen molar-refractivity contribution in [2.75, 3.05) is 46.3 Å². The molecule has 2 heterocycles. The van der Waals surface area contributed by atoms with Crippen LogP contribution in [-0.4, -0.2) is 57.2 Å². The molecule has 0 atom stereocenters. The molecule has 148 valence electrons. The van der Waals surface area contributed by atoms with E-state index < -0.39 is 0 Å². The number of hydrogen-bond donors (Lipinski definition) is 0. The van der Waals surface area contributed by atoms with Gasteiger partial charge in [0.15, 0.2) is 5.13 Å². The van der Waals surface area contributed by atoms with E-state index >= 15 is 0 Å². The zero-order valence-electron chi connectivity index (χ0n) is 16.3. The number of ether oxygens (including phenoxy) is 2. The van der Waals surface area contributed by atoms with Crippen LogP contribution < -0.4 is 14.4 Å². The number of benzene rings is 1. The largest absolute Gasteiger partial charge is 0.495 e. The van der Waals surface area contributed by atoms with Gasteiger partial charge in [-0.2, -0.15) is 0 Å². The predicted octanol–water partition coefficient (Wildman–Crippen LogP) is 3.98. The van der Waals surface area contributed by atoms with Crippen LogP contribution in [0.3, 0.4) is 0 Å². The topological polar surface area (TPSA) is 54.9 Å². The normalized spacial score (nSPS) is 11.5. The maximum absolute atomic E-state index is 13.0. The van der Waals surface area contributed by atoms with Gasteiger partial charge in [0.2, 0.25) is 0 Å². The average molecular weight is 418 g/mol. The van der Waals surface area contributed by atoms with E-state index in [1.807, 2.05) is 54.7 Å². The first-order chi connectivity index (χ1) is 13.5. The Morgan fingerprint density at radius 2 is 1.89 bits per heavy atom. The molecule has 0 aliphatic heterocycles. The second-order valence-corrected chi connectivity index (χ2v) is 8.24. The lowest BCUT2D eigenvalue weighted by atomic mass is 10.3. The van der Waals surface area contributed by atoms with Crippen molar-refractivity contribution in [1.82, 2.24) is 9.88 Å². The number of nitrogens with zero attached hydrogens (tertiary/aromatic N) is 3. The summed E-state index contributed by atoms with van der Waals surface area (Å²) >= 11 is 3.02. The lowest BCUT2D eigenvalue weighted by Gasteiger charge is -2.20. The molecule has 0 N–H and O–H groups in total. The summed E-state index contributed by atoms with van der Waals surface area (Å²) < 4.78 is 11.8. The fraction of sp³-hybridized carbons (Fsp3) is 0.300. The van der Waals surface area contributed by atoms with Gasteiger partial charge in [0.25, 0.3) is 5.91 Å². The maximum Gasteiger partial charge on any atom is 0.252 e. The first kappa shape index (κ1) is 20.3. The number of methoxy groups -OCH3 is 2. The number of thiazole rings is 1. The molecule has 2 aromatic heterocycles. The van der Waals surface area contributed by atoms with Crippen molar-refractivity contribution >= 4 is 50.0 Å². The third-order valence-electron chi connectivity index (χ3n) is 4.10. The summed E-state index contributed by atoms with van der Waals surface area (Å²) in [5, 5.41) is 2.61. The van der Waals surface area contributed by atoms with Crippen molar-refractivity contribution in [2.24, 2.45) is 0 Å². The number of amides is 1. The molecule has 0 aliphatic carbocycles. The fourth-order valence-electron chi connectivity index (χ4n) is 2.62. The summed E-state index contributed by atoms with van der Waals surface area (Å²) in [5.74, 6) is 1.27. The zero-order valence-corrected chi connectivity index (χ0v) is 18.0. The second kappa shape index (κ2) is 9.18.